The van der Waals surface area contributed by atoms with E-state index in [-0.39, 0.29) is 17.3 Å². The highest BCUT2D eigenvalue weighted by molar-refractivity contribution is 6.17. The minimum atomic E-state index is -0.839. The molecular weight excluding hydrogens is 274 g/mol. The van der Waals surface area contributed by atoms with Crippen molar-refractivity contribution in [1.82, 2.24) is 0 Å². The molecule has 0 unspecified atom stereocenters. The van der Waals surface area contributed by atoms with E-state index < -0.39 is 18.0 Å². The molecule has 0 aromatic heterocycles. The molecule has 1 amide bonds. The molecule has 102 valence electrons. The van der Waals surface area contributed by atoms with Gasteiger partial charge in [-0.25, -0.2) is 9.59 Å². The second kappa shape index (κ2) is 6.75. The molecule has 1 aromatic carbocycles. The van der Waals surface area contributed by atoms with E-state index in [0.29, 0.717) is 0 Å². The Kier molecular flexibility index (Phi) is 5.32. The number of hydrogen-bond acceptors (Lipinski definition) is 5. The summed E-state index contributed by atoms with van der Waals surface area (Å²) in [5.74, 6) is -1.57. The quantitative estimate of drug-likeness (QED) is 0.483. The van der Waals surface area contributed by atoms with Crippen LogP contribution in [0.4, 0.5) is 10.5 Å². The summed E-state index contributed by atoms with van der Waals surface area (Å²) in [6, 6.07) is 5.87. The van der Waals surface area contributed by atoms with Gasteiger partial charge < -0.3 is 9.47 Å². The van der Waals surface area contributed by atoms with Crippen LogP contribution in [0.25, 0.3) is 0 Å². The highest BCUT2D eigenvalue weighted by Crippen LogP contribution is 2.21. The second-order valence-electron chi connectivity index (χ2n) is 3.48. The minimum absolute atomic E-state index is 0.0757. The van der Waals surface area contributed by atoms with Gasteiger partial charge in [0.05, 0.1) is 11.3 Å². The number of carbonyl (C=O) groups is 3. The summed E-state index contributed by atoms with van der Waals surface area (Å²) in [5, 5.41) is 0. The number of amides is 1. The Balaban J connectivity index is 3.04. The number of halogens is 1. The molecule has 0 N–H and O–H groups in total. The highest BCUT2D eigenvalue weighted by Gasteiger charge is 2.20. The SMILES string of the molecule is CC(=O)OC(=O)c1ccccc1N(C)C(=O)OCCl. The van der Waals surface area contributed by atoms with E-state index in [2.05, 4.69) is 9.47 Å². The Morgan fingerprint density at radius 2 is 1.89 bits per heavy atom. The lowest BCUT2D eigenvalue weighted by atomic mass is 10.1. The summed E-state index contributed by atoms with van der Waals surface area (Å²) in [5.41, 5.74) is 0.329. The molecule has 0 saturated carbocycles. The van der Waals surface area contributed by atoms with E-state index in [1.54, 1.807) is 12.1 Å². The Morgan fingerprint density at radius 3 is 2.47 bits per heavy atom. The van der Waals surface area contributed by atoms with E-state index in [1.807, 2.05) is 0 Å². The topological polar surface area (TPSA) is 72.9 Å². The van der Waals surface area contributed by atoms with E-state index in [9.17, 15) is 14.4 Å². The molecule has 0 radical (unpaired) electrons. The van der Waals surface area contributed by atoms with E-state index in [0.717, 1.165) is 11.8 Å². The average molecular weight is 286 g/mol. The zero-order valence-electron chi connectivity index (χ0n) is 10.4. The number of anilines is 1. The first-order chi connectivity index (χ1) is 8.97. The van der Waals surface area contributed by atoms with Crippen LogP contribution in [-0.4, -0.2) is 31.1 Å². The van der Waals surface area contributed by atoms with Crippen molar-refractivity contribution in [3.8, 4) is 0 Å². The molecule has 6 nitrogen and oxygen atoms in total. The molecule has 0 heterocycles. The fraction of sp³-hybridized carbons (Fsp3) is 0.250. The van der Waals surface area contributed by atoms with Crippen LogP contribution in [0, 0.1) is 0 Å². The molecule has 19 heavy (non-hydrogen) atoms. The van der Waals surface area contributed by atoms with E-state index in [1.165, 1.54) is 19.2 Å². The molecule has 1 rings (SSSR count). The fourth-order valence-electron chi connectivity index (χ4n) is 1.37. The van der Waals surface area contributed by atoms with Crippen molar-refractivity contribution in [2.45, 2.75) is 6.92 Å². The number of benzene rings is 1. The number of nitrogens with zero attached hydrogens (tertiary/aromatic N) is 1. The smallest absolute Gasteiger partial charge is 0.415 e. The number of esters is 2. The van der Waals surface area contributed by atoms with Crippen molar-refractivity contribution in [2.24, 2.45) is 0 Å². The first-order valence-electron chi connectivity index (χ1n) is 5.25. The molecular formula is C12H12ClNO5. The largest absolute Gasteiger partial charge is 0.433 e. The maximum atomic E-state index is 11.7. The van der Waals surface area contributed by atoms with Crippen LogP contribution < -0.4 is 4.90 Å². The normalized spacial score (nSPS) is 9.63. The lowest BCUT2D eigenvalue weighted by Crippen LogP contribution is -2.28. The summed E-state index contributed by atoms with van der Waals surface area (Å²) >= 11 is 5.29. The molecule has 0 atom stereocenters. The van der Waals surface area contributed by atoms with Gasteiger partial charge in [-0.15, -0.1) is 0 Å². The summed E-state index contributed by atoms with van der Waals surface area (Å²) in [6.45, 7) is 1.12. The number of hydrogen-bond donors (Lipinski definition) is 0. The molecule has 1 aromatic rings. The lowest BCUT2D eigenvalue weighted by Gasteiger charge is -2.18. The maximum absolute atomic E-state index is 11.7. The third kappa shape index (κ3) is 3.96. The Hall–Kier alpha value is -2.08. The van der Waals surface area contributed by atoms with Gasteiger partial charge in [0, 0.05) is 14.0 Å². The zero-order valence-corrected chi connectivity index (χ0v) is 11.1. The van der Waals surface area contributed by atoms with Crippen LogP contribution >= 0.6 is 11.6 Å². The van der Waals surface area contributed by atoms with Gasteiger partial charge in [0.25, 0.3) is 0 Å². The molecule has 0 bridgehead atoms. The summed E-state index contributed by atoms with van der Waals surface area (Å²) in [6.07, 6.45) is -0.724. The van der Waals surface area contributed by atoms with E-state index >= 15 is 0 Å². The minimum Gasteiger partial charge on any atom is -0.433 e. The molecule has 0 saturated heterocycles. The van der Waals surface area contributed by atoms with Crippen LogP contribution in [0.1, 0.15) is 17.3 Å². The Bertz CT molecular complexity index is 503. The van der Waals surface area contributed by atoms with E-state index in [4.69, 9.17) is 11.6 Å². The molecule has 0 aliphatic rings. The summed E-state index contributed by atoms with van der Waals surface area (Å²) in [4.78, 5) is 35.1. The van der Waals surface area contributed by atoms with Crippen molar-refractivity contribution < 1.29 is 23.9 Å². The van der Waals surface area contributed by atoms with Gasteiger partial charge in [-0.3, -0.25) is 9.69 Å². The van der Waals surface area contributed by atoms with Gasteiger partial charge in [0.2, 0.25) is 0 Å². The predicted octanol–water partition coefficient (Wildman–Crippen LogP) is 2.16. The molecule has 0 aliphatic heterocycles. The summed E-state index contributed by atoms with van der Waals surface area (Å²) < 4.78 is 9.09. The van der Waals surface area contributed by atoms with Crippen molar-refractivity contribution in [1.29, 1.82) is 0 Å². The molecule has 0 fully saturated rings. The number of alkyl halides is 1. The van der Waals surface area contributed by atoms with Gasteiger partial charge in [-0.1, -0.05) is 23.7 Å². The Morgan fingerprint density at radius 1 is 1.26 bits per heavy atom. The van der Waals surface area contributed by atoms with Gasteiger partial charge in [-0.2, -0.15) is 0 Å². The third-order valence-electron chi connectivity index (χ3n) is 2.17. The van der Waals surface area contributed by atoms with Gasteiger partial charge in [0.1, 0.15) is 0 Å². The fourth-order valence-corrected chi connectivity index (χ4v) is 1.46. The van der Waals surface area contributed by atoms with Gasteiger partial charge in [0.15, 0.2) is 6.07 Å². The maximum Gasteiger partial charge on any atom is 0.415 e. The van der Waals surface area contributed by atoms with Gasteiger partial charge in [-0.05, 0) is 12.1 Å². The van der Waals surface area contributed by atoms with Crippen LogP contribution in [0.15, 0.2) is 24.3 Å². The highest BCUT2D eigenvalue weighted by atomic mass is 35.5. The number of rotatable bonds is 3. The van der Waals surface area contributed by atoms with Crippen LogP contribution in [0.2, 0.25) is 0 Å². The van der Waals surface area contributed by atoms with Crippen molar-refractivity contribution in [2.75, 3.05) is 18.0 Å². The first-order valence-corrected chi connectivity index (χ1v) is 5.79. The van der Waals surface area contributed by atoms with Crippen molar-refractivity contribution >= 4 is 35.3 Å². The zero-order chi connectivity index (χ0) is 14.4. The van der Waals surface area contributed by atoms with Crippen LogP contribution in [-0.2, 0) is 14.3 Å². The second-order valence-corrected chi connectivity index (χ2v) is 3.69. The first kappa shape index (κ1) is 15.0. The third-order valence-corrected chi connectivity index (χ3v) is 2.28. The lowest BCUT2D eigenvalue weighted by molar-refractivity contribution is -0.135. The monoisotopic (exact) mass is 285 g/mol. The van der Waals surface area contributed by atoms with Crippen LogP contribution in [0.5, 0.6) is 0 Å². The average Bonchev–Trinajstić information content (AvgIpc) is 2.37. The number of carbonyl (C=O) groups excluding carboxylic acids is 3. The number of para-hydroxylation sites is 1. The predicted molar refractivity (Wildman–Crippen MR) is 68.1 cm³/mol. The molecule has 0 spiro atoms. The summed E-state index contributed by atoms with van der Waals surface area (Å²) in [7, 11) is 1.41. The standard InChI is InChI=1S/C12H12ClNO5/c1-8(15)19-11(16)9-5-3-4-6-10(9)14(2)12(17)18-7-13/h3-6H,7H2,1-2H3. The number of ether oxygens (including phenoxy) is 2. The van der Waals surface area contributed by atoms with Crippen molar-refractivity contribution in [3.05, 3.63) is 29.8 Å². The van der Waals surface area contributed by atoms with Crippen LogP contribution in [0.3, 0.4) is 0 Å². The molecule has 7 heteroatoms. The molecule has 0 aliphatic carbocycles. The van der Waals surface area contributed by atoms with Gasteiger partial charge >= 0.3 is 18.0 Å². The Labute approximate surface area is 114 Å². The van der Waals surface area contributed by atoms with Crippen molar-refractivity contribution in [3.63, 3.8) is 0 Å².